The fraction of sp³-hybridized carbons (Fsp3) is 0.229. The van der Waals surface area contributed by atoms with Gasteiger partial charge in [0, 0.05) is 6.54 Å². The van der Waals surface area contributed by atoms with Crippen molar-refractivity contribution in [2.75, 3.05) is 26.2 Å². The van der Waals surface area contributed by atoms with Crippen molar-refractivity contribution in [2.45, 2.75) is 25.7 Å². The molecule has 0 amide bonds. The van der Waals surface area contributed by atoms with Crippen LogP contribution in [-0.2, 0) is 12.8 Å². The molecule has 0 saturated carbocycles. The van der Waals surface area contributed by atoms with Crippen LogP contribution in [0, 0.1) is 0 Å². The molecule has 1 saturated heterocycles. The van der Waals surface area contributed by atoms with Gasteiger partial charge in [-0.3, -0.25) is 4.90 Å². The molecule has 5 heteroatoms. The van der Waals surface area contributed by atoms with Crippen LogP contribution < -0.4 is 9.47 Å². The lowest BCUT2D eigenvalue weighted by Crippen LogP contribution is -2.25. The Hall–Kier alpha value is -4.35. The molecule has 4 aromatic carbocycles. The highest BCUT2D eigenvalue weighted by Gasteiger charge is 2.23. The molecule has 1 N–H and O–H groups in total. The molecule has 0 radical (unpaired) electrons. The number of nitrogens with zero attached hydrogens (tertiary/aromatic N) is 1. The second-order valence-electron chi connectivity index (χ2n) is 10.5. The van der Waals surface area contributed by atoms with Crippen LogP contribution in [0.5, 0.6) is 17.2 Å². The van der Waals surface area contributed by atoms with Crippen LogP contribution in [0.15, 0.2) is 97.1 Å². The average molecular weight is 532 g/mol. The summed E-state index contributed by atoms with van der Waals surface area (Å²) in [6, 6.07) is 30.7. The number of likely N-dealkylation sites (tertiary alicyclic amines) is 1. The fourth-order valence-electron chi connectivity index (χ4n) is 5.63. The number of benzene rings is 4. The predicted octanol–water partition coefficient (Wildman–Crippen LogP) is 6.80. The normalized spacial score (nSPS) is 14.8. The van der Waals surface area contributed by atoms with Crippen LogP contribution in [0.2, 0.25) is 0 Å². The molecule has 40 heavy (non-hydrogen) atoms. The van der Waals surface area contributed by atoms with E-state index in [0.717, 1.165) is 36.3 Å². The van der Waals surface area contributed by atoms with E-state index in [4.69, 9.17) is 9.47 Å². The molecule has 2 aliphatic rings. The van der Waals surface area contributed by atoms with Gasteiger partial charge in [0.05, 0.1) is 5.56 Å². The molecule has 1 aliphatic heterocycles. The lowest BCUT2D eigenvalue weighted by molar-refractivity contribution is 0.0734. The van der Waals surface area contributed by atoms with E-state index >= 15 is 0 Å². The molecule has 0 bridgehead atoms. The van der Waals surface area contributed by atoms with Crippen molar-refractivity contribution in [3.05, 3.63) is 125 Å². The Kier molecular flexibility index (Phi) is 7.64. The third-order valence-electron chi connectivity index (χ3n) is 7.75. The third kappa shape index (κ3) is 5.95. The van der Waals surface area contributed by atoms with Gasteiger partial charge in [-0.05, 0) is 121 Å². The summed E-state index contributed by atoms with van der Waals surface area (Å²) < 4.78 is 11.6. The van der Waals surface area contributed by atoms with Crippen LogP contribution in [0.4, 0.5) is 0 Å². The Morgan fingerprint density at radius 2 is 1.55 bits per heavy atom. The van der Waals surface area contributed by atoms with Crippen molar-refractivity contribution < 1.29 is 19.4 Å². The monoisotopic (exact) mass is 531 g/mol. The number of phenols is 1. The van der Waals surface area contributed by atoms with Gasteiger partial charge < -0.3 is 14.6 Å². The second kappa shape index (κ2) is 11.8. The quantitative estimate of drug-likeness (QED) is 0.190. The number of aromatic hydroxyl groups is 1. The van der Waals surface area contributed by atoms with E-state index in [1.807, 2.05) is 54.6 Å². The molecular formula is C35H33NO4. The highest BCUT2D eigenvalue weighted by atomic mass is 16.5. The van der Waals surface area contributed by atoms with Gasteiger partial charge in [-0.25, -0.2) is 4.79 Å². The lowest BCUT2D eigenvalue weighted by atomic mass is 9.95. The third-order valence-corrected chi connectivity index (χ3v) is 7.75. The Morgan fingerprint density at radius 1 is 0.825 bits per heavy atom. The highest BCUT2D eigenvalue weighted by molar-refractivity contribution is 5.98. The molecule has 0 atom stereocenters. The number of hydrogen-bond donors (Lipinski definition) is 1. The number of phenolic OH excluding ortho intramolecular Hbond substituents is 1. The van der Waals surface area contributed by atoms with E-state index in [2.05, 4.69) is 29.2 Å². The van der Waals surface area contributed by atoms with Crippen LogP contribution in [0.25, 0.3) is 11.1 Å². The first kappa shape index (κ1) is 25.9. The van der Waals surface area contributed by atoms with Gasteiger partial charge in [-0.2, -0.15) is 0 Å². The summed E-state index contributed by atoms with van der Waals surface area (Å²) in [5, 5.41) is 10.1. The van der Waals surface area contributed by atoms with E-state index in [0.29, 0.717) is 17.9 Å². The number of esters is 1. The van der Waals surface area contributed by atoms with Gasteiger partial charge in [0.2, 0.25) is 0 Å². The van der Waals surface area contributed by atoms with E-state index in [1.54, 1.807) is 18.2 Å². The maximum absolute atomic E-state index is 12.5. The number of ether oxygens (including phenoxy) is 2. The van der Waals surface area contributed by atoms with E-state index in [9.17, 15) is 9.90 Å². The molecule has 0 aromatic heterocycles. The maximum Gasteiger partial charge on any atom is 0.343 e. The zero-order valence-electron chi connectivity index (χ0n) is 22.5. The van der Waals surface area contributed by atoms with Crippen molar-refractivity contribution in [3.63, 3.8) is 0 Å². The lowest BCUT2D eigenvalue weighted by Gasteiger charge is -2.15. The summed E-state index contributed by atoms with van der Waals surface area (Å²) in [6.07, 6.45) is 4.09. The number of fused-ring (bicyclic) bond motifs is 1. The predicted molar refractivity (Wildman–Crippen MR) is 158 cm³/mol. The Bertz CT molecular complexity index is 1500. The largest absolute Gasteiger partial charge is 0.508 e. The summed E-state index contributed by atoms with van der Waals surface area (Å²) in [5.41, 5.74) is 7.54. The van der Waals surface area contributed by atoms with Crippen LogP contribution in [0.1, 0.15) is 45.5 Å². The molecule has 202 valence electrons. The number of rotatable bonds is 9. The first-order valence-electron chi connectivity index (χ1n) is 14.0. The van der Waals surface area contributed by atoms with Gasteiger partial charge in [0.15, 0.2) is 0 Å². The fourth-order valence-corrected chi connectivity index (χ4v) is 5.63. The molecule has 1 fully saturated rings. The molecular weight excluding hydrogens is 498 g/mol. The molecule has 0 spiro atoms. The molecule has 5 nitrogen and oxygen atoms in total. The van der Waals surface area contributed by atoms with E-state index < -0.39 is 0 Å². The summed E-state index contributed by atoms with van der Waals surface area (Å²) >= 11 is 0. The first-order chi connectivity index (χ1) is 19.6. The number of allylic oxidation sites excluding steroid dienone is 2. The minimum atomic E-state index is -0.375. The Morgan fingerprint density at radius 3 is 2.30 bits per heavy atom. The maximum atomic E-state index is 12.5. The highest BCUT2D eigenvalue weighted by Crippen LogP contribution is 2.41. The average Bonchev–Trinajstić information content (AvgIpc) is 3.63. The van der Waals surface area contributed by atoms with Crippen molar-refractivity contribution >= 4 is 17.1 Å². The van der Waals surface area contributed by atoms with Gasteiger partial charge in [-0.1, -0.05) is 48.5 Å². The molecule has 1 heterocycles. The smallest absolute Gasteiger partial charge is 0.343 e. The van der Waals surface area contributed by atoms with Crippen LogP contribution in [-0.4, -0.2) is 42.2 Å². The number of hydrogen-bond acceptors (Lipinski definition) is 5. The zero-order valence-corrected chi connectivity index (χ0v) is 22.5. The van der Waals surface area contributed by atoms with E-state index in [-0.39, 0.29) is 11.7 Å². The summed E-state index contributed by atoms with van der Waals surface area (Å²) in [4.78, 5) is 14.9. The van der Waals surface area contributed by atoms with Crippen LogP contribution >= 0.6 is 0 Å². The standard InChI is InChI=1S/C35H33NO4/c37-29-12-17-32-28(23-29)24-33(26-10-15-31(16-11-26)40-35(38)27-6-2-1-3-7-27)34(32)22-25-8-13-30(14-9-25)39-21-20-36-18-4-5-19-36/h1-3,6-17,23,37H,4-5,18-22,24H2. The van der Waals surface area contributed by atoms with E-state index in [1.165, 1.54) is 48.2 Å². The molecule has 1 aliphatic carbocycles. The summed E-state index contributed by atoms with van der Waals surface area (Å²) in [5.74, 6) is 1.31. The van der Waals surface area contributed by atoms with Crippen LogP contribution in [0.3, 0.4) is 0 Å². The summed E-state index contributed by atoms with van der Waals surface area (Å²) in [7, 11) is 0. The minimum absolute atomic E-state index is 0.276. The topological polar surface area (TPSA) is 59.0 Å². The van der Waals surface area contributed by atoms with Gasteiger partial charge in [-0.15, -0.1) is 0 Å². The van der Waals surface area contributed by atoms with Crippen molar-refractivity contribution in [3.8, 4) is 17.2 Å². The number of carbonyl (C=O) groups excluding carboxylic acids is 1. The van der Waals surface area contributed by atoms with Gasteiger partial charge in [0.1, 0.15) is 23.9 Å². The van der Waals surface area contributed by atoms with Crippen molar-refractivity contribution in [1.29, 1.82) is 0 Å². The molecule has 6 rings (SSSR count). The van der Waals surface area contributed by atoms with Crippen molar-refractivity contribution in [2.24, 2.45) is 0 Å². The van der Waals surface area contributed by atoms with Gasteiger partial charge in [0.25, 0.3) is 0 Å². The molecule has 0 unspecified atom stereocenters. The number of carbonyl (C=O) groups is 1. The SMILES string of the molecule is O=C(Oc1ccc(C2=C(Cc3ccc(OCCN4CCCC4)cc3)c3ccc(O)cc3C2)cc1)c1ccccc1. The zero-order chi connectivity index (χ0) is 27.3. The molecule has 4 aromatic rings. The van der Waals surface area contributed by atoms with Crippen molar-refractivity contribution in [1.82, 2.24) is 4.90 Å². The Balaban J connectivity index is 1.18. The second-order valence-corrected chi connectivity index (χ2v) is 10.5. The minimum Gasteiger partial charge on any atom is -0.508 e. The van der Waals surface area contributed by atoms with Gasteiger partial charge >= 0.3 is 5.97 Å². The Labute approximate surface area is 235 Å². The summed E-state index contributed by atoms with van der Waals surface area (Å²) in [6.45, 7) is 4.05. The first-order valence-corrected chi connectivity index (χ1v) is 14.0.